The average Bonchev–Trinajstić information content (AvgIpc) is 2.69. The molecule has 0 unspecified atom stereocenters. The van der Waals surface area contributed by atoms with Crippen molar-refractivity contribution in [1.29, 1.82) is 0 Å². The van der Waals surface area contributed by atoms with Gasteiger partial charge >= 0.3 is 0 Å². The third-order valence-corrected chi connectivity index (χ3v) is 7.01. The van der Waals surface area contributed by atoms with Gasteiger partial charge < -0.3 is 5.32 Å². The second kappa shape index (κ2) is 8.87. The number of carbonyl (C=O) groups is 1. The monoisotopic (exact) mass is 406 g/mol. The second-order valence-electron chi connectivity index (χ2n) is 6.64. The van der Waals surface area contributed by atoms with E-state index in [0.717, 1.165) is 24.8 Å². The van der Waals surface area contributed by atoms with Crippen LogP contribution in [0.4, 0.5) is 5.69 Å². The van der Waals surface area contributed by atoms with Crippen LogP contribution in [-0.4, -0.2) is 31.7 Å². The molecule has 0 aliphatic carbocycles. The van der Waals surface area contributed by atoms with Gasteiger partial charge in [0, 0.05) is 25.2 Å². The van der Waals surface area contributed by atoms with Gasteiger partial charge in [-0.1, -0.05) is 48.4 Å². The summed E-state index contributed by atoms with van der Waals surface area (Å²) in [6, 6.07) is 14.3. The van der Waals surface area contributed by atoms with Crippen molar-refractivity contribution in [3.05, 3.63) is 59.1 Å². The van der Waals surface area contributed by atoms with Crippen LogP contribution in [0, 0.1) is 0 Å². The minimum absolute atomic E-state index is 0.0481. The number of carbonyl (C=O) groups excluding carboxylic acids is 1. The van der Waals surface area contributed by atoms with Crippen molar-refractivity contribution in [3.8, 4) is 0 Å². The van der Waals surface area contributed by atoms with Crippen LogP contribution in [0.3, 0.4) is 0 Å². The Kier molecular flexibility index (Phi) is 6.52. The predicted molar refractivity (Wildman–Crippen MR) is 107 cm³/mol. The summed E-state index contributed by atoms with van der Waals surface area (Å²) in [5.41, 5.74) is 1.52. The highest BCUT2D eigenvalue weighted by atomic mass is 35.5. The first-order chi connectivity index (χ1) is 13.0. The van der Waals surface area contributed by atoms with E-state index < -0.39 is 10.0 Å². The molecule has 1 saturated heterocycles. The number of rotatable bonds is 6. The number of anilines is 1. The fourth-order valence-electron chi connectivity index (χ4n) is 3.15. The summed E-state index contributed by atoms with van der Waals surface area (Å²) in [5.74, 6) is -0.164. The third kappa shape index (κ3) is 5.09. The molecule has 1 aliphatic heterocycles. The van der Waals surface area contributed by atoms with Gasteiger partial charge in [0.15, 0.2) is 0 Å². The first-order valence-corrected chi connectivity index (χ1v) is 10.9. The van der Waals surface area contributed by atoms with Gasteiger partial charge in [-0.3, -0.25) is 4.79 Å². The van der Waals surface area contributed by atoms with E-state index in [1.165, 1.54) is 16.4 Å². The first kappa shape index (κ1) is 19.9. The summed E-state index contributed by atoms with van der Waals surface area (Å²) in [5, 5.41) is 2.94. The standard InChI is InChI=1S/C20H23ClN2O3S/c21-18-11-10-17(22-20(24)12-9-16-7-3-1-4-8-16)15-19(18)27(25,26)23-13-5-2-6-14-23/h1,3-4,7-8,10-11,15H,2,5-6,9,12-14H2,(H,22,24). The molecule has 2 aromatic carbocycles. The SMILES string of the molecule is O=C(CCc1ccccc1)Nc1ccc(Cl)c(S(=O)(=O)N2CCCCC2)c1. The van der Waals surface area contributed by atoms with Gasteiger partial charge in [0.2, 0.25) is 15.9 Å². The highest BCUT2D eigenvalue weighted by Crippen LogP contribution is 2.29. The Morgan fingerprint density at radius 2 is 1.74 bits per heavy atom. The Morgan fingerprint density at radius 1 is 1.04 bits per heavy atom. The maximum Gasteiger partial charge on any atom is 0.244 e. The van der Waals surface area contributed by atoms with Crippen LogP contribution in [-0.2, 0) is 21.2 Å². The molecule has 0 saturated carbocycles. The van der Waals surface area contributed by atoms with Gasteiger partial charge in [-0.2, -0.15) is 4.31 Å². The Morgan fingerprint density at radius 3 is 2.44 bits per heavy atom. The molecule has 1 fully saturated rings. The molecule has 7 heteroatoms. The molecule has 27 heavy (non-hydrogen) atoms. The largest absolute Gasteiger partial charge is 0.326 e. The first-order valence-electron chi connectivity index (χ1n) is 9.10. The molecule has 0 bridgehead atoms. The highest BCUT2D eigenvalue weighted by molar-refractivity contribution is 7.89. The summed E-state index contributed by atoms with van der Waals surface area (Å²) in [6.45, 7) is 1.01. The average molecular weight is 407 g/mol. The molecule has 144 valence electrons. The van der Waals surface area contributed by atoms with Crippen LogP contribution in [0.2, 0.25) is 5.02 Å². The number of amides is 1. The molecule has 1 heterocycles. The van der Waals surface area contributed by atoms with E-state index in [1.54, 1.807) is 6.07 Å². The maximum atomic E-state index is 12.9. The fraction of sp³-hybridized carbons (Fsp3) is 0.350. The molecule has 1 N–H and O–H groups in total. The number of benzene rings is 2. The summed E-state index contributed by atoms with van der Waals surface area (Å²) in [7, 11) is -3.66. The van der Waals surface area contributed by atoms with Crippen molar-refractivity contribution in [1.82, 2.24) is 4.31 Å². The lowest BCUT2D eigenvalue weighted by atomic mass is 10.1. The van der Waals surface area contributed by atoms with E-state index in [1.807, 2.05) is 30.3 Å². The molecule has 5 nitrogen and oxygen atoms in total. The van der Waals surface area contributed by atoms with Gasteiger partial charge in [0.1, 0.15) is 4.90 Å². The number of sulfonamides is 1. The smallest absolute Gasteiger partial charge is 0.244 e. The number of aryl methyl sites for hydroxylation is 1. The zero-order valence-electron chi connectivity index (χ0n) is 15.0. The van der Waals surface area contributed by atoms with Crippen molar-refractivity contribution in [2.75, 3.05) is 18.4 Å². The molecular formula is C20H23ClN2O3S. The van der Waals surface area contributed by atoms with E-state index in [0.29, 0.717) is 31.6 Å². The van der Waals surface area contributed by atoms with Crippen LogP contribution in [0.1, 0.15) is 31.2 Å². The number of piperidine rings is 1. The molecule has 1 amide bonds. The summed E-state index contributed by atoms with van der Waals surface area (Å²) in [4.78, 5) is 12.3. The number of hydrogen-bond acceptors (Lipinski definition) is 3. The fourth-order valence-corrected chi connectivity index (χ4v) is 5.17. The van der Waals surface area contributed by atoms with Crippen molar-refractivity contribution in [3.63, 3.8) is 0 Å². The molecule has 0 aromatic heterocycles. The highest BCUT2D eigenvalue weighted by Gasteiger charge is 2.28. The Hall–Kier alpha value is -1.89. The quantitative estimate of drug-likeness (QED) is 0.785. The number of halogens is 1. The van der Waals surface area contributed by atoms with E-state index in [9.17, 15) is 13.2 Å². The van der Waals surface area contributed by atoms with E-state index in [-0.39, 0.29) is 15.8 Å². The van der Waals surface area contributed by atoms with Crippen molar-refractivity contribution in [2.24, 2.45) is 0 Å². The lowest BCUT2D eigenvalue weighted by Gasteiger charge is -2.26. The topological polar surface area (TPSA) is 66.5 Å². The summed E-state index contributed by atoms with van der Waals surface area (Å²) < 4.78 is 27.2. The lowest BCUT2D eigenvalue weighted by molar-refractivity contribution is -0.116. The lowest BCUT2D eigenvalue weighted by Crippen LogP contribution is -2.35. The molecule has 0 atom stereocenters. The molecule has 0 radical (unpaired) electrons. The van der Waals surface area contributed by atoms with Gasteiger partial charge in [-0.15, -0.1) is 0 Å². The van der Waals surface area contributed by atoms with E-state index in [4.69, 9.17) is 11.6 Å². The summed E-state index contributed by atoms with van der Waals surface area (Å²) in [6.07, 6.45) is 3.69. The van der Waals surface area contributed by atoms with Crippen LogP contribution in [0.25, 0.3) is 0 Å². The van der Waals surface area contributed by atoms with Crippen LogP contribution < -0.4 is 5.32 Å². The van der Waals surface area contributed by atoms with E-state index >= 15 is 0 Å². The third-order valence-electron chi connectivity index (χ3n) is 4.63. The Balaban J connectivity index is 1.70. The zero-order chi connectivity index (χ0) is 19.3. The minimum atomic E-state index is -3.66. The van der Waals surface area contributed by atoms with Crippen molar-refractivity contribution < 1.29 is 13.2 Å². The summed E-state index contributed by atoms with van der Waals surface area (Å²) >= 11 is 6.16. The predicted octanol–water partition coefficient (Wildman–Crippen LogP) is 4.09. The van der Waals surface area contributed by atoms with Crippen LogP contribution in [0.15, 0.2) is 53.4 Å². The van der Waals surface area contributed by atoms with Crippen molar-refractivity contribution in [2.45, 2.75) is 37.0 Å². The van der Waals surface area contributed by atoms with Gasteiger partial charge in [0.05, 0.1) is 5.02 Å². The number of hydrogen-bond donors (Lipinski definition) is 1. The molecular weight excluding hydrogens is 384 g/mol. The van der Waals surface area contributed by atoms with Gasteiger partial charge in [-0.05, 0) is 43.0 Å². The zero-order valence-corrected chi connectivity index (χ0v) is 16.6. The second-order valence-corrected chi connectivity index (χ2v) is 8.96. The van der Waals surface area contributed by atoms with Crippen LogP contribution >= 0.6 is 11.6 Å². The Bertz CT molecular complexity index is 895. The van der Waals surface area contributed by atoms with Gasteiger partial charge in [0.25, 0.3) is 0 Å². The minimum Gasteiger partial charge on any atom is -0.326 e. The van der Waals surface area contributed by atoms with Crippen molar-refractivity contribution >= 4 is 33.2 Å². The van der Waals surface area contributed by atoms with Crippen LogP contribution in [0.5, 0.6) is 0 Å². The Labute approximate surface area is 165 Å². The number of nitrogens with one attached hydrogen (secondary N) is 1. The molecule has 1 aliphatic rings. The van der Waals surface area contributed by atoms with E-state index in [2.05, 4.69) is 5.32 Å². The normalized spacial score (nSPS) is 15.4. The molecule has 0 spiro atoms. The number of nitrogens with zero attached hydrogens (tertiary/aromatic N) is 1. The molecule has 2 aromatic rings. The van der Waals surface area contributed by atoms with Gasteiger partial charge in [-0.25, -0.2) is 8.42 Å². The molecule has 3 rings (SSSR count). The maximum absolute atomic E-state index is 12.9.